The minimum Gasteiger partial charge on any atom is -0.372 e. The molecule has 0 aromatic heterocycles. The fourth-order valence-electron chi connectivity index (χ4n) is 3.14. The maximum absolute atomic E-state index is 5.99. The van der Waals surface area contributed by atoms with E-state index in [-0.39, 0.29) is 0 Å². The molecule has 1 aromatic rings. The fraction of sp³-hybridized carbons (Fsp3) is 0.600. The molecule has 1 N–H and O–H groups in total. The first-order valence-electron chi connectivity index (χ1n) is 6.68. The second-order valence-corrected chi connectivity index (χ2v) is 5.70. The van der Waals surface area contributed by atoms with E-state index in [9.17, 15) is 0 Å². The van der Waals surface area contributed by atoms with Crippen molar-refractivity contribution in [3.05, 3.63) is 34.9 Å². The van der Waals surface area contributed by atoms with Crippen molar-refractivity contribution in [2.75, 3.05) is 13.1 Å². The monoisotopic (exact) mass is 231 g/mol. The van der Waals surface area contributed by atoms with E-state index >= 15 is 0 Å². The van der Waals surface area contributed by atoms with Gasteiger partial charge in [0.25, 0.3) is 0 Å². The Balaban J connectivity index is 1.97. The summed E-state index contributed by atoms with van der Waals surface area (Å²) >= 11 is 0. The molecular formula is C15H21NO. The van der Waals surface area contributed by atoms with Gasteiger partial charge in [0.05, 0.1) is 12.7 Å². The summed E-state index contributed by atoms with van der Waals surface area (Å²) in [6.45, 7) is 7.45. The van der Waals surface area contributed by atoms with E-state index < -0.39 is 0 Å². The molecule has 92 valence electrons. The van der Waals surface area contributed by atoms with Gasteiger partial charge < -0.3 is 10.1 Å². The van der Waals surface area contributed by atoms with Crippen LogP contribution in [-0.4, -0.2) is 19.2 Å². The highest BCUT2D eigenvalue weighted by molar-refractivity contribution is 5.40. The molecule has 2 aliphatic rings. The van der Waals surface area contributed by atoms with E-state index in [2.05, 4.69) is 37.4 Å². The smallest absolute Gasteiger partial charge is 0.0784 e. The van der Waals surface area contributed by atoms with E-state index in [1.54, 1.807) is 0 Å². The molecule has 0 aliphatic carbocycles. The molecule has 1 fully saturated rings. The predicted octanol–water partition coefficient (Wildman–Crippen LogP) is 2.47. The van der Waals surface area contributed by atoms with Crippen LogP contribution in [0.2, 0.25) is 0 Å². The molecule has 1 saturated heterocycles. The molecule has 2 nitrogen and oxygen atoms in total. The average molecular weight is 231 g/mol. The van der Waals surface area contributed by atoms with Crippen LogP contribution in [0.3, 0.4) is 0 Å². The Hall–Kier alpha value is -0.860. The highest BCUT2D eigenvalue weighted by atomic mass is 16.5. The molecule has 1 aromatic carbocycles. The maximum Gasteiger partial charge on any atom is 0.0784 e. The van der Waals surface area contributed by atoms with E-state index in [0.717, 1.165) is 26.1 Å². The van der Waals surface area contributed by atoms with Crippen molar-refractivity contribution in [1.82, 2.24) is 5.32 Å². The van der Waals surface area contributed by atoms with Crippen molar-refractivity contribution in [2.24, 2.45) is 5.92 Å². The Bertz CT molecular complexity index is 413. The minimum absolute atomic E-state index is 0.400. The van der Waals surface area contributed by atoms with E-state index in [1.165, 1.54) is 16.7 Å². The molecule has 0 saturated carbocycles. The summed E-state index contributed by atoms with van der Waals surface area (Å²) < 4.78 is 5.99. The van der Waals surface area contributed by atoms with Crippen LogP contribution >= 0.6 is 0 Å². The number of rotatable bonds is 2. The van der Waals surface area contributed by atoms with Gasteiger partial charge in [0.15, 0.2) is 0 Å². The quantitative estimate of drug-likeness (QED) is 0.844. The van der Waals surface area contributed by atoms with Gasteiger partial charge in [-0.15, -0.1) is 0 Å². The van der Waals surface area contributed by atoms with Crippen molar-refractivity contribution in [1.29, 1.82) is 0 Å². The van der Waals surface area contributed by atoms with E-state index in [1.807, 2.05) is 0 Å². The Morgan fingerprint density at radius 3 is 3.06 bits per heavy atom. The normalized spacial score (nSPS) is 27.0. The van der Waals surface area contributed by atoms with Gasteiger partial charge in [0.1, 0.15) is 0 Å². The van der Waals surface area contributed by atoms with Gasteiger partial charge in [-0.2, -0.15) is 0 Å². The molecule has 17 heavy (non-hydrogen) atoms. The molecule has 2 atom stereocenters. The summed E-state index contributed by atoms with van der Waals surface area (Å²) in [7, 11) is 0. The lowest BCUT2D eigenvalue weighted by Gasteiger charge is -2.30. The van der Waals surface area contributed by atoms with Crippen molar-refractivity contribution in [3.63, 3.8) is 0 Å². The van der Waals surface area contributed by atoms with Gasteiger partial charge in [-0.1, -0.05) is 32.0 Å². The predicted molar refractivity (Wildman–Crippen MR) is 69.2 cm³/mol. The zero-order chi connectivity index (χ0) is 11.8. The van der Waals surface area contributed by atoms with Crippen molar-refractivity contribution in [2.45, 2.75) is 38.9 Å². The second-order valence-electron chi connectivity index (χ2n) is 5.70. The lowest BCUT2D eigenvalue weighted by Crippen LogP contribution is -2.27. The topological polar surface area (TPSA) is 21.3 Å². The first-order valence-corrected chi connectivity index (χ1v) is 6.68. The summed E-state index contributed by atoms with van der Waals surface area (Å²) in [5, 5.41) is 3.44. The minimum atomic E-state index is 0.400. The third kappa shape index (κ3) is 2.00. The largest absolute Gasteiger partial charge is 0.372 e. The summed E-state index contributed by atoms with van der Waals surface area (Å²) in [5.41, 5.74) is 4.48. The van der Waals surface area contributed by atoms with Crippen LogP contribution in [-0.2, 0) is 17.8 Å². The van der Waals surface area contributed by atoms with Crippen LogP contribution in [0.15, 0.2) is 18.2 Å². The molecule has 3 rings (SSSR count). The van der Waals surface area contributed by atoms with Crippen LogP contribution < -0.4 is 5.32 Å². The second kappa shape index (κ2) is 4.43. The van der Waals surface area contributed by atoms with Crippen LogP contribution in [0.25, 0.3) is 0 Å². The number of hydrogen-bond acceptors (Lipinski definition) is 2. The molecule has 2 aliphatic heterocycles. The van der Waals surface area contributed by atoms with Gasteiger partial charge in [-0.05, 0) is 29.0 Å². The average Bonchev–Trinajstić information content (AvgIpc) is 2.76. The van der Waals surface area contributed by atoms with Crippen LogP contribution in [0.1, 0.15) is 36.5 Å². The third-order valence-electron chi connectivity index (χ3n) is 3.94. The van der Waals surface area contributed by atoms with Gasteiger partial charge in [0, 0.05) is 19.0 Å². The Kier molecular flexibility index (Phi) is 2.93. The first kappa shape index (κ1) is 11.2. The van der Waals surface area contributed by atoms with Crippen LogP contribution in [0.5, 0.6) is 0 Å². The molecule has 0 radical (unpaired) electrons. The number of nitrogens with one attached hydrogen (secondary N) is 1. The van der Waals surface area contributed by atoms with Crippen LogP contribution in [0, 0.1) is 5.92 Å². The van der Waals surface area contributed by atoms with Crippen molar-refractivity contribution >= 4 is 0 Å². The van der Waals surface area contributed by atoms with E-state index in [0.29, 0.717) is 17.9 Å². The summed E-state index contributed by atoms with van der Waals surface area (Å²) in [6, 6.07) is 6.79. The number of ether oxygens (including phenoxy) is 1. The lowest BCUT2D eigenvalue weighted by atomic mass is 9.85. The standard InChI is InChI=1S/C15H21NO/c1-10(2)6-11-4-3-5-12-13-7-16-8-15(13)17-9-14(11)12/h3-5,10,13,15-16H,6-9H2,1-2H3. The number of benzene rings is 1. The highest BCUT2D eigenvalue weighted by Gasteiger charge is 2.34. The molecule has 0 spiro atoms. The van der Waals surface area contributed by atoms with Gasteiger partial charge in [0.2, 0.25) is 0 Å². The zero-order valence-corrected chi connectivity index (χ0v) is 10.7. The maximum atomic E-state index is 5.99. The Labute approximate surface area is 103 Å². The molecular weight excluding hydrogens is 210 g/mol. The van der Waals surface area contributed by atoms with Crippen molar-refractivity contribution < 1.29 is 4.74 Å². The van der Waals surface area contributed by atoms with Gasteiger partial charge in [-0.25, -0.2) is 0 Å². The molecule has 2 heterocycles. The molecule has 0 bridgehead atoms. The molecule has 0 amide bonds. The first-order chi connectivity index (χ1) is 8.25. The molecule has 2 unspecified atom stereocenters. The summed E-state index contributed by atoms with van der Waals surface area (Å²) in [4.78, 5) is 0. The SMILES string of the molecule is CC(C)Cc1cccc2c1COC1CNCC21. The number of hydrogen-bond donors (Lipinski definition) is 1. The Morgan fingerprint density at radius 2 is 2.24 bits per heavy atom. The lowest BCUT2D eigenvalue weighted by molar-refractivity contribution is 0.0293. The van der Waals surface area contributed by atoms with Gasteiger partial charge >= 0.3 is 0 Å². The Morgan fingerprint density at radius 1 is 1.35 bits per heavy atom. The van der Waals surface area contributed by atoms with Gasteiger partial charge in [-0.3, -0.25) is 0 Å². The third-order valence-corrected chi connectivity index (χ3v) is 3.94. The van der Waals surface area contributed by atoms with Crippen molar-refractivity contribution in [3.8, 4) is 0 Å². The van der Waals surface area contributed by atoms with Crippen LogP contribution in [0.4, 0.5) is 0 Å². The summed E-state index contributed by atoms with van der Waals surface area (Å²) in [5.74, 6) is 1.28. The highest BCUT2D eigenvalue weighted by Crippen LogP contribution is 2.35. The van der Waals surface area contributed by atoms with E-state index in [4.69, 9.17) is 4.74 Å². The zero-order valence-electron chi connectivity index (χ0n) is 10.7. The number of fused-ring (bicyclic) bond motifs is 3. The summed E-state index contributed by atoms with van der Waals surface area (Å²) in [6.07, 6.45) is 1.56. The fourth-order valence-corrected chi connectivity index (χ4v) is 3.14. The molecule has 2 heteroatoms.